The third kappa shape index (κ3) is 4.64. The fraction of sp³-hybridized carbons (Fsp3) is 0.241. The number of aliphatic hydroxyl groups excluding tert-OH is 1. The number of carbonyl (C=O) groups excluding carboxylic acids is 2. The van der Waals surface area contributed by atoms with Gasteiger partial charge in [-0.3, -0.25) is 14.5 Å². The lowest BCUT2D eigenvalue weighted by Crippen LogP contribution is -2.29. The average molecular weight is 472 g/mol. The Balaban J connectivity index is 1.91. The number of amides is 1. The fourth-order valence-corrected chi connectivity index (χ4v) is 4.34. The lowest BCUT2D eigenvalue weighted by atomic mass is 9.94. The number of aryl methyl sites for hydroxylation is 2. The zero-order valence-electron chi connectivity index (χ0n) is 20.5. The molecule has 1 aliphatic rings. The van der Waals surface area contributed by atoms with Gasteiger partial charge in [0.25, 0.3) is 11.7 Å². The summed E-state index contributed by atoms with van der Waals surface area (Å²) in [7, 11) is 1.56. The van der Waals surface area contributed by atoms with E-state index in [1.165, 1.54) is 4.90 Å². The highest BCUT2D eigenvalue weighted by atomic mass is 16.5. The molecule has 4 rings (SSSR count). The molecule has 1 fully saturated rings. The molecule has 1 saturated heterocycles. The highest BCUT2D eigenvalue weighted by molar-refractivity contribution is 6.51. The van der Waals surface area contributed by atoms with Crippen molar-refractivity contribution in [3.05, 3.63) is 94.6 Å². The van der Waals surface area contributed by atoms with E-state index in [-0.39, 0.29) is 17.4 Å². The van der Waals surface area contributed by atoms with Gasteiger partial charge in [-0.2, -0.15) is 0 Å². The minimum absolute atomic E-state index is 0.000798. The lowest BCUT2D eigenvalue weighted by Gasteiger charge is -2.26. The first-order chi connectivity index (χ1) is 16.7. The molecule has 180 valence electrons. The van der Waals surface area contributed by atoms with Crippen LogP contribution in [0.2, 0.25) is 0 Å². The summed E-state index contributed by atoms with van der Waals surface area (Å²) in [4.78, 5) is 28.1. The number of carbonyl (C=O) groups is 2. The predicted octanol–water partition coefficient (Wildman–Crippen LogP) is 5.73. The quantitative estimate of drug-likeness (QED) is 0.282. The topological polar surface area (TPSA) is 76.1 Å². The standard InChI is InChI=1S/C29H29NO5/c1-17(2)35-24-13-12-21(15-19(24)4)27(31)25-26(20-9-7-11-23(16-20)34-5)30(29(33)28(25)32)22-10-6-8-18(3)14-22/h6-17,26,31H,1-5H3/b27-25+. The van der Waals surface area contributed by atoms with Crippen LogP contribution >= 0.6 is 0 Å². The van der Waals surface area contributed by atoms with E-state index in [1.54, 1.807) is 49.6 Å². The molecule has 0 aliphatic carbocycles. The molecular weight excluding hydrogens is 442 g/mol. The Bertz CT molecular complexity index is 1320. The van der Waals surface area contributed by atoms with Gasteiger partial charge in [-0.25, -0.2) is 0 Å². The fourth-order valence-electron chi connectivity index (χ4n) is 4.34. The highest BCUT2D eigenvalue weighted by Crippen LogP contribution is 2.43. The lowest BCUT2D eigenvalue weighted by molar-refractivity contribution is -0.132. The number of aliphatic hydroxyl groups is 1. The van der Waals surface area contributed by atoms with E-state index >= 15 is 0 Å². The summed E-state index contributed by atoms with van der Waals surface area (Å²) in [5, 5.41) is 11.4. The molecule has 3 aromatic rings. The Morgan fingerprint density at radius 2 is 1.71 bits per heavy atom. The van der Waals surface area contributed by atoms with Gasteiger partial charge in [0.15, 0.2) is 0 Å². The number of ketones is 1. The van der Waals surface area contributed by atoms with Crippen molar-refractivity contribution in [1.29, 1.82) is 0 Å². The predicted molar refractivity (Wildman–Crippen MR) is 136 cm³/mol. The molecule has 0 aromatic heterocycles. The van der Waals surface area contributed by atoms with E-state index < -0.39 is 17.7 Å². The molecule has 6 heteroatoms. The molecule has 1 unspecified atom stereocenters. The van der Waals surface area contributed by atoms with Crippen LogP contribution in [0.15, 0.2) is 72.3 Å². The Morgan fingerprint density at radius 3 is 2.37 bits per heavy atom. The Labute approximate surface area is 205 Å². The van der Waals surface area contributed by atoms with Crippen molar-refractivity contribution in [2.75, 3.05) is 12.0 Å². The molecule has 0 radical (unpaired) electrons. The van der Waals surface area contributed by atoms with E-state index in [2.05, 4.69) is 0 Å². The van der Waals surface area contributed by atoms with Crippen LogP contribution in [-0.2, 0) is 9.59 Å². The van der Waals surface area contributed by atoms with Crippen LogP contribution in [0, 0.1) is 13.8 Å². The summed E-state index contributed by atoms with van der Waals surface area (Å²) in [6.45, 7) is 7.67. The van der Waals surface area contributed by atoms with Crippen molar-refractivity contribution in [1.82, 2.24) is 0 Å². The Hall–Kier alpha value is -4.06. The maximum Gasteiger partial charge on any atom is 0.300 e. The van der Waals surface area contributed by atoms with Gasteiger partial charge in [0.05, 0.1) is 24.8 Å². The minimum atomic E-state index is -0.821. The summed E-state index contributed by atoms with van der Waals surface area (Å²) < 4.78 is 11.2. The van der Waals surface area contributed by atoms with Crippen molar-refractivity contribution < 1.29 is 24.2 Å². The first-order valence-electron chi connectivity index (χ1n) is 11.5. The van der Waals surface area contributed by atoms with Crippen molar-refractivity contribution in [2.45, 2.75) is 39.8 Å². The molecule has 1 atom stereocenters. The van der Waals surface area contributed by atoms with Crippen LogP contribution in [0.3, 0.4) is 0 Å². The smallest absolute Gasteiger partial charge is 0.300 e. The van der Waals surface area contributed by atoms with Crippen LogP contribution in [0.5, 0.6) is 11.5 Å². The normalized spacial score (nSPS) is 17.2. The molecule has 35 heavy (non-hydrogen) atoms. The number of rotatable bonds is 6. The van der Waals surface area contributed by atoms with E-state index in [1.807, 2.05) is 52.0 Å². The van der Waals surface area contributed by atoms with Gasteiger partial charge in [0.2, 0.25) is 0 Å². The van der Waals surface area contributed by atoms with Crippen LogP contribution in [-0.4, -0.2) is 30.0 Å². The van der Waals surface area contributed by atoms with Gasteiger partial charge in [0.1, 0.15) is 17.3 Å². The van der Waals surface area contributed by atoms with Crippen LogP contribution < -0.4 is 14.4 Å². The van der Waals surface area contributed by atoms with Gasteiger partial charge in [-0.05, 0) is 86.8 Å². The second-order valence-electron chi connectivity index (χ2n) is 8.93. The summed E-state index contributed by atoms with van der Waals surface area (Å²) in [6, 6.07) is 19.0. The third-order valence-corrected chi connectivity index (χ3v) is 5.94. The SMILES string of the molecule is COc1cccc(C2/C(=C(\O)c3ccc(OC(C)C)c(C)c3)C(=O)C(=O)N2c2cccc(C)c2)c1. The first-order valence-corrected chi connectivity index (χ1v) is 11.5. The minimum Gasteiger partial charge on any atom is -0.507 e. The van der Waals surface area contributed by atoms with Gasteiger partial charge in [-0.15, -0.1) is 0 Å². The zero-order chi connectivity index (χ0) is 25.3. The molecule has 1 N–H and O–H groups in total. The first kappa shape index (κ1) is 24.1. The molecule has 3 aromatic carbocycles. The molecule has 0 saturated carbocycles. The molecular formula is C29H29NO5. The summed E-state index contributed by atoms with van der Waals surface area (Å²) in [5.74, 6) is -0.381. The number of anilines is 1. The zero-order valence-corrected chi connectivity index (χ0v) is 20.5. The second-order valence-corrected chi connectivity index (χ2v) is 8.93. The van der Waals surface area contributed by atoms with Crippen LogP contribution in [0.25, 0.3) is 5.76 Å². The maximum absolute atomic E-state index is 13.4. The monoisotopic (exact) mass is 471 g/mol. The van der Waals surface area contributed by atoms with E-state index in [4.69, 9.17) is 9.47 Å². The molecule has 0 bridgehead atoms. The van der Waals surface area contributed by atoms with Crippen molar-refractivity contribution in [2.24, 2.45) is 0 Å². The number of ether oxygens (including phenoxy) is 2. The summed E-state index contributed by atoms with van der Waals surface area (Å²) >= 11 is 0. The molecule has 6 nitrogen and oxygen atoms in total. The molecule has 0 spiro atoms. The maximum atomic E-state index is 13.4. The summed E-state index contributed by atoms with van der Waals surface area (Å²) in [6.07, 6.45) is 0.000798. The van der Waals surface area contributed by atoms with E-state index in [9.17, 15) is 14.7 Å². The number of nitrogens with zero attached hydrogens (tertiary/aromatic N) is 1. The Morgan fingerprint density at radius 1 is 0.971 bits per heavy atom. The molecule has 1 heterocycles. The number of benzene rings is 3. The van der Waals surface area contributed by atoms with Crippen LogP contribution in [0.1, 0.15) is 42.1 Å². The average Bonchev–Trinajstić information content (AvgIpc) is 3.10. The van der Waals surface area contributed by atoms with Crippen molar-refractivity contribution in [3.8, 4) is 11.5 Å². The van der Waals surface area contributed by atoms with Crippen LogP contribution in [0.4, 0.5) is 5.69 Å². The van der Waals surface area contributed by atoms with Gasteiger partial charge >= 0.3 is 0 Å². The number of Topliss-reactive ketones (excluding diaryl/α,β-unsaturated/α-hetero) is 1. The van der Waals surface area contributed by atoms with Crippen molar-refractivity contribution >= 4 is 23.1 Å². The van der Waals surface area contributed by atoms with Crippen molar-refractivity contribution in [3.63, 3.8) is 0 Å². The number of hydrogen-bond acceptors (Lipinski definition) is 5. The van der Waals surface area contributed by atoms with E-state index in [0.29, 0.717) is 28.3 Å². The molecule has 1 amide bonds. The van der Waals surface area contributed by atoms with Gasteiger partial charge in [-0.1, -0.05) is 24.3 Å². The third-order valence-electron chi connectivity index (χ3n) is 5.94. The summed E-state index contributed by atoms with van der Waals surface area (Å²) in [5.41, 5.74) is 3.47. The highest BCUT2D eigenvalue weighted by Gasteiger charge is 2.47. The largest absolute Gasteiger partial charge is 0.507 e. The van der Waals surface area contributed by atoms with Gasteiger partial charge in [0, 0.05) is 11.3 Å². The number of methoxy groups -OCH3 is 1. The van der Waals surface area contributed by atoms with Gasteiger partial charge < -0.3 is 14.6 Å². The second kappa shape index (κ2) is 9.66. The Kier molecular flexibility index (Phi) is 6.65. The van der Waals surface area contributed by atoms with E-state index in [0.717, 1.165) is 11.1 Å². The molecule has 1 aliphatic heterocycles. The number of hydrogen-bond donors (Lipinski definition) is 1.